The van der Waals surface area contributed by atoms with Gasteiger partial charge in [-0.2, -0.15) is 0 Å². The lowest BCUT2D eigenvalue weighted by Crippen LogP contribution is -2.40. The maximum atomic E-state index is 12.3. The Labute approximate surface area is 128 Å². The van der Waals surface area contributed by atoms with Crippen LogP contribution in [-0.4, -0.2) is 40.6 Å². The molecule has 1 aliphatic rings. The average molecular weight is 300 g/mol. The second-order valence-corrected chi connectivity index (χ2v) is 6.15. The molecular formula is C17H20N2O3. The van der Waals surface area contributed by atoms with E-state index >= 15 is 0 Å². The van der Waals surface area contributed by atoms with Gasteiger partial charge in [-0.3, -0.25) is 9.59 Å². The maximum Gasteiger partial charge on any atom is 0.252 e. The molecule has 1 fully saturated rings. The second-order valence-electron chi connectivity index (χ2n) is 6.15. The number of likely N-dealkylation sites (N-methyl/N-ethyl adjacent to an activating group) is 1. The number of para-hydroxylation sites is 1. The van der Waals surface area contributed by atoms with Crippen molar-refractivity contribution < 1.29 is 9.90 Å². The smallest absolute Gasteiger partial charge is 0.252 e. The minimum atomic E-state index is -0.211. The summed E-state index contributed by atoms with van der Waals surface area (Å²) < 4.78 is 0. The van der Waals surface area contributed by atoms with E-state index in [9.17, 15) is 14.7 Å². The number of aromatic nitrogens is 1. The van der Waals surface area contributed by atoms with Gasteiger partial charge in [-0.05, 0) is 36.3 Å². The number of carbonyl (C=O) groups excluding carboxylic acids is 1. The number of rotatable bonds is 4. The first-order valence-corrected chi connectivity index (χ1v) is 7.56. The van der Waals surface area contributed by atoms with Crippen LogP contribution in [0.3, 0.4) is 0 Å². The fraction of sp³-hybridized carbons (Fsp3) is 0.412. The molecular weight excluding hydrogens is 280 g/mol. The molecule has 1 heterocycles. The van der Waals surface area contributed by atoms with Crippen molar-refractivity contribution in [2.24, 2.45) is 5.92 Å². The van der Waals surface area contributed by atoms with Crippen molar-refractivity contribution in [3.63, 3.8) is 0 Å². The summed E-state index contributed by atoms with van der Waals surface area (Å²) in [4.78, 5) is 28.8. The molecule has 1 aromatic carbocycles. The van der Waals surface area contributed by atoms with E-state index in [1.54, 1.807) is 18.0 Å². The Morgan fingerprint density at radius 2 is 2.09 bits per heavy atom. The van der Waals surface area contributed by atoms with E-state index < -0.39 is 0 Å². The van der Waals surface area contributed by atoms with Crippen LogP contribution in [0.25, 0.3) is 10.9 Å². The van der Waals surface area contributed by atoms with E-state index in [0.717, 1.165) is 23.7 Å². The molecule has 116 valence electrons. The summed E-state index contributed by atoms with van der Waals surface area (Å²) in [6.07, 6.45) is 1.41. The lowest BCUT2D eigenvalue weighted by molar-refractivity contribution is -0.130. The van der Waals surface area contributed by atoms with Crippen LogP contribution in [0.5, 0.6) is 0 Å². The third-order valence-electron chi connectivity index (χ3n) is 4.34. The van der Waals surface area contributed by atoms with E-state index in [4.69, 9.17) is 0 Å². The Balaban J connectivity index is 1.70. The van der Waals surface area contributed by atoms with Crippen LogP contribution in [0.15, 0.2) is 35.1 Å². The number of H-pyrrole nitrogens is 1. The van der Waals surface area contributed by atoms with E-state index in [1.807, 2.05) is 24.3 Å². The van der Waals surface area contributed by atoms with E-state index in [-0.39, 0.29) is 24.0 Å². The lowest BCUT2D eigenvalue weighted by Gasteiger charge is -2.34. The van der Waals surface area contributed by atoms with Crippen LogP contribution < -0.4 is 5.56 Å². The summed E-state index contributed by atoms with van der Waals surface area (Å²) in [6.45, 7) is 0.640. The zero-order valence-corrected chi connectivity index (χ0v) is 12.6. The molecule has 0 spiro atoms. The van der Waals surface area contributed by atoms with Crippen LogP contribution in [-0.2, 0) is 11.2 Å². The van der Waals surface area contributed by atoms with Gasteiger partial charge in [0.1, 0.15) is 0 Å². The fourth-order valence-electron chi connectivity index (χ4n) is 2.96. The zero-order chi connectivity index (χ0) is 15.7. The van der Waals surface area contributed by atoms with Gasteiger partial charge in [0.2, 0.25) is 5.91 Å². The highest BCUT2D eigenvalue weighted by Crippen LogP contribution is 2.27. The summed E-state index contributed by atoms with van der Waals surface area (Å²) in [6, 6.07) is 9.31. The third kappa shape index (κ3) is 3.04. The molecule has 0 bridgehead atoms. The molecule has 2 aromatic rings. The van der Waals surface area contributed by atoms with Crippen LogP contribution in [0.4, 0.5) is 0 Å². The minimum Gasteiger partial charge on any atom is -0.393 e. The first-order chi connectivity index (χ1) is 10.5. The zero-order valence-electron chi connectivity index (χ0n) is 12.6. The van der Waals surface area contributed by atoms with Crippen LogP contribution in [0.2, 0.25) is 0 Å². The second kappa shape index (κ2) is 5.93. The molecule has 0 aliphatic heterocycles. The van der Waals surface area contributed by atoms with E-state index in [2.05, 4.69) is 4.98 Å². The Morgan fingerprint density at radius 3 is 2.82 bits per heavy atom. The summed E-state index contributed by atoms with van der Waals surface area (Å²) in [5, 5.41) is 10.2. The van der Waals surface area contributed by atoms with Gasteiger partial charge in [0, 0.05) is 24.7 Å². The van der Waals surface area contributed by atoms with Crippen molar-refractivity contribution in [1.29, 1.82) is 0 Å². The SMILES string of the molecule is CN(CC1CC(O)C1)C(=O)Cc1cc2ccccc2[nH]c1=O. The maximum absolute atomic E-state index is 12.3. The third-order valence-corrected chi connectivity index (χ3v) is 4.34. The molecule has 0 saturated heterocycles. The molecule has 1 amide bonds. The van der Waals surface area contributed by atoms with E-state index in [1.165, 1.54) is 0 Å². The number of aliphatic hydroxyl groups is 1. The Morgan fingerprint density at radius 1 is 1.36 bits per heavy atom. The molecule has 1 aromatic heterocycles. The molecule has 2 N–H and O–H groups in total. The van der Waals surface area contributed by atoms with Gasteiger partial charge in [-0.25, -0.2) is 0 Å². The number of nitrogens with zero attached hydrogens (tertiary/aromatic N) is 1. The number of carbonyl (C=O) groups is 1. The minimum absolute atomic E-state index is 0.0674. The van der Waals surface area contributed by atoms with Crippen LogP contribution >= 0.6 is 0 Å². The highest BCUT2D eigenvalue weighted by atomic mass is 16.3. The Hall–Kier alpha value is -2.14. The molecule has 22 heavy (non-hydrogen) atoms. The van der Waals surface area contributed by atoms with E-state index in [0.29, 0.717) is 18.0 Å². The van der Waals surface area contributed by atoms with Gasteiger partial charge in [0.05, 0.1) is 12.5 Å². The largest absolute Gasteiger partial charge is 0.393 e. The molecule has 1 aliphatic carbocycles. The standard InChI is InChI=1S/C17H20N2O3/c1-19(10-11-6-14(20)7-11)16(21)9-13-8-12-4-2-3-5-15(12)18-17(13)22/h2-5,8,11,14,20H,6-7,9-10H2,1H3,(H,18,22). The number of pyridine rings is 1. The highest BCUT2D eigenvalue weighted by Gasteiger charge is 2.29. The number of fused-ring (bicyclic) bond motifs is 1. The quantitative estimate of drug-likeness (QED) is 0.894. The predicted octanol–water partition coefficient (Wildman–Crippen LogP) is 1.30. The molecule has 0 radical (unpaired) electrons. The summed E-state index contributed by atoms with van der Waals surface area (Å²) in [7, 11) is 1.75. The number of amides is 1. The highest BCUT2D eigenvalue weighted by molar-refractivity contribution is 5.82. The molecule has 5 heteroatoms. The van der Waals surface area contributed by atoms with Crippen molar-refractivity contribution in [1.82, 2.24) is 9.88 Å². The number of hydrogen-bond acceptors (Lipinski definition) is 3. The van der Waals surface area contributed by atoms with Gasteiger partial charge in [0.25, 0.3) is 5.56 Å². The fourth-order valence-corrected chi connectivity index (χ4v) is 2.96. The van der Waals surface area contributed by atoms with Crippen LogP contribution in [0.1, 0.15) is 18.4 Å². The van der Waals surface area contributed by atoms with Crippen LogP contribution in [0, 0.1) is 5.92 Å². The first kappa shape index (κ1) is 14.8. The first-order valence-electron chi connectivity index (χ1n) is 7.56. The van der Waals surface area contributed by atoms with Gasteiger partial charge in [-0.1, -0.05) is 18.2 Å². The Kier molecular flexibility index (Phi) is 3.98. The number of nitrogens with one attached hydrogen (secondary N) is 1. The number of benzene rings is 1. The van der Waals surface area contributed by atoms with Crippen molar-refractivity contribution in [3.05, 3.63) is 46.2 Å². The summed E-state index contributed by atoms with van der Waals surface area (Å²) >= 11 is 0. The van der Waals surface area contributed by atoms with Crippen molar-refractivity contribution >= 4 is 16.8 Å². The monoisotopic (exact) mass is 300 g/mol. The summed E-state index contributed by atoms with van der Waals surface area (Å²) in [5.41, 5.74) is 1.06. The number of aromatic amines is 1. The topological polar surface area (TPSA) is 73.4 Å². The number of hydrogen-bond donors (Lipinski definition) is 2. The average Bonchev–Trinajstić information content (AvgIpc) is 2.46. The molecule has 1 saturated carbocycles. The molecule has 5 nitrogen and oxygen atoms in total. The number of aliphatic hydroxyl groups excluding tert-OH is 1. The van der Waals surface area contributed by atoms with Crippen molar-refractivity contribution in [3.8, 4) is 0 Å². The normalized spacial score (nSPS) is 20.6. The Bertz CT molecular complexity index is 747. The van der Waals surface area contributed by atoms with Gasteiger partial charge in [0.15, 0.2) is 0 Å². The molecule has 0 unspecified atom stereocenters. The molecule has 0 atom stereocenters. The van der Waals surface area contributed by atoms with Gasteiger partial charge < -0.3 is 15.0 Å². The molecule has 3 rings (SSSR count). The van der Waals surface area contributed by atoms with Gasteiger partial charge >= 0.3 is 0 Å². The lowest BCUT2D eigenvalue weighted by atomic mass is 9.82. The van der Waals surface area contributed by atoms with Crippen molar-refractivity contribution in [2.45, 2.75) is 25.4 Å². The predicted molar refractivity (Wildman–Crippen MR) is 84.6 cm³/mol. The summed E-state index contributed by atoms with van der Waals surface area (Å²) in [5.74, 6) is 0.306. The van der Waals surface area contributed by atoms with Crippen molar-refractivity contribution in [2.75, 3.05) is 13.6 Å². The van der Waals surface area contributed by atoms with Gasteiger partial charge in [-0.15, -0.1) is 0 Å².